The maximum Gasteiger partial charge on any atom is 0.431 e. The molecular formula is C9H18N2O3. The minimum Gasteiger partial charge on any atom is -0.451 e. The molecule has 0 aromatic carbocycles. The van der Waals surface area contributed by atoms with Crippen LogP contribution in [0.3, 0.4) is 0 Å². The lowest BCUT2D eigenvalue weighted by molar-refractivity contribution is 0.0215. The first kappa shape index (κ1) is 11.3. The van der Waals surface area contributed by atoms with Gasteiger partial charge in [-0.2, -0.15) is 5.48 Å². The number of carbonyl (C=O) groups is 1. The Bertz CT molecular complexity index is 169. The first-order chi connectivity index (χ1) is 6.83. The second kappa shape index (κ2) is 6.62. The van der Waals surface area contributed by atoms with Gasteiger partial charge in [-0.25, -0.2) is 4.79 Å². The number of likely N-dealkylation sites (tertiary alicyclic amines) is 1. The van der Waals surface area contributed by atoms with E-state index in [1.165, 1.54) is 26.4 Å². The Balaban J connectivity index is 1.94. The summed E-state index contributed by atoms with van der Waals surface area (Å²) >= 11 is 0. The predicted octanol–water partition coefficient (Wildman–Crippen LogP) is 0.760. The third-order valence-electron chi connectivity index (χ3n) is 2.30. The van der Waals surface area contributed by atoms with Crippen molar-refractivity contribution in [3.05, 3.63) is 0 Å². The fourth-order valence-electron chi connectivity index (χ4n) is 1.51. The van der Waals surface area contributed by atoms with Gasteiger partial charge in [0.15, 0.2) is 0 Å². The van der Waals surface area contributed by atoms with E-state index in [2.05, 4.69) is 15.1 Å². The Hall–Kier alpha value is -0.810. The van der Waals surface area contributed by atoms with Crippen LogP contribution in [-0.2, 0) is 9.57 Å². The van der Waals surface area contributed by atoms with Gasteiger partial charge >= 0.3 is 6.09 Å². The van der Waals surface area contributed by atoms with Crippen LogP contribution in [0.1, 0.15) is 19.3 Å². The number of hydrogen-bond acceptors (Lipinski definition) is 4. The van der Waals surface area contributed by atoms with Crippen LogP contribution in [0.4, 0.5) is 4.79 Å². The molecule has 0 saturated carbocycles. The summed E-state index contributed by atoms with van der Waals surface area (Å²) < 4.78 is 4.35. The molecule has 82 valence electrons. The molecule has 1 aliphatic heterocycles. The molecule has 1 N–H and O–H groups in total. The predicted molar refractivity (Wildman–Crippen MR) is 51.8 cm³/mol. The SMILES string of the molecule is COC(=O)NOCCN1CCCCC1. The number of nitrogens with one attached hydrogen (secondary N) is 1. The minimum absolute atomic E-state index is 0.509. The zero-order valence-electron chi connectivity index (χ0n) is 8.62. The average molecular weight is 202 g/mol. The molecule has 14 heavy (non-hydrogen) atoms. The number of carbonyl (C=O) groups excluding carboxylic acids is 1. The standard InChI is InChI=1S/C9H18N2O3/c1-13-9(12)10-14-8-7-11-5-3-2-4-6-11/h2-8H2,1H3,(H,10,12). The number of amides is 1. The van der Waals surface area contributed by atoms with Crippen LogP contribution in [0, 0.1) is 0 Å². The molecule has 0 aromatic heterocycles. The van der Waals surface area contributed by atoms with Crippen molar-refractivity contribution in [2.45, 2.75) is 19.3 Å². The molecule has 0 radical (unpaired) electrons. The summed E-state index contributed by atoms with van der Waals surface area (Å²) in [6, 6.07) is 0. The number of rotatable bonds is 4. The van der Waals surface area contributed by atoms with E-state index in [-0.39, 0.29) is 0 Å². The summed E-state index contributed by atoms with van der Waals surface area (Å²) in [5, 5.41) is 0. The van der Waals surface area contributed by atoms with E-state index in [0.29, 0.717) is 6.61 Å². The lowest BCUT2D eigenvalue weighted by Gasteiger charge is -2.25. The molecule has 1 rings (SSSR count). The van der Waals surface area contributed by atoms with Crippen LogP contribution in [0.15, 0.2) is 0 Å². The van der Waals surface area contributed by atoms with E-state index < -0.39 is 6.09 Å². The van der Waals surface area contributed by atoms with E-state index >= 15 is 0 Å². The molecule has 0 bridgehead atoms. The average Bonchev–Trinajstić information content (AvgIpc) is 2.25. The number of piperidine rings is 1. The molecule has 0 spiro atoms. The van der Waals surface area contributed by atoms with Gasteiger partial charge in [0.25, 0.3) is 0 Å². The van der Waals surface area contributed by atoms with E-state index in [4.69, 9.17) is 4.84 Å². The molecule has 0 unspecified atom stereocenters. The molecule has 1 amide bonds. The van der Waals surface area contributed by atoms with Crippen LogP contribution in [-0.4, -0.2) is 44.3 Å². The number of ether oxygens (including phenoxy) is 1. The van der Waals surface area contributed by atoms with Crippen molar-refractivity contribution in [2.75, 3.05) is 33.4 Å². The Morgan fingerprint density at radius 1 is 1.36 bits per heavy atom. The summed E-state index contributed by atoms with van der Waals surface area (Å²) in [5.41, 5.74) is 2.18. The Labute approximate surface area is 84.3 Å². The first-order valence-electron chi connectivity index (χ1n) is 5.01. The summed E-state index contributed by atoms with van der Waals surface area (Å²) in [6.07, 6.45) is 3.32. The molecule has 1 saturated heterocycles. The molecule has 1 aliphatic rings. The van der Waals surface area contributed by atoms with Crippen LogP contribution in [0.5, 0.6) is 0 Å². The van der Waals surface area contributed by atoms with Crippen LogP contribution >= 0.6 is 0 Å². The summed E-state index contributed by atoms with van der Waals surface area (Å²) in [6.45, 7) is 3.66. The number of methoxy groups -OCH3 is 1. The van der Waals surface area contributed by atoms with Crippen molar-refractivity contribution in [1.29, 1.82) is 0 Å². The molecule has 0 atom stereocenters. The molecule has 5 nitrogen and oxygen atoms in total. The normalized spacial score (nSPS) is 17.8. The van der Waals surface area contributed by atoms with E-state index in [1.54, 1.807) is 0 Å². The second-order valence-electron chi connectivity index (χ2n) is 3.34. The second-order valence-corrected chi connectivity index (χ2v) is 3.34. The fraction of sp³-hybridized carbons (Fsp3) is 0.889. The van der Waals surface area contributed by atoms with Gasteiger partial charge in [-0.15, -0.1) is 0 Å². The van der Waals surface area contributed by atoms with Gasteiger partial charge < -0.3 is 9.64 Å². The largest absolute Gasteiger partial charge is 0.451 e. The van der Waals surface area contributed by atoms with Crippen LogP contribution in [0.25, 0.3) is 0 Å². The van der Waals surface area contributed by atoms with Gasteiger partial charge in [0, 0.05) is 6.54 Å². The van der Waals surface area contributed by atoms with Gasteiger partial charge in [-0.3, -0.25) is 4.84 Å². The van der Waals surface area contributed by atoms with Gasteiger partial charge in [-0.1, -0.05) is 6.42 Å². The number of hydrogen-bond donors (Lipinski definition) is 1. The minimum atomic E-state index is -0.552. The van der Waals surface area contributed by atoms with E-state index in [0.717, 1.165) is 19.6 Å². The lowest BCUT2D eigenvalue weighted by atomic mass is 10.1. The third kappa shape index (κ3) is 4.43. The first-order valence-corrected chi connectivity index (χ1v) is 5.01. The smallest absolute Gasteiger partial charge is 0.431 e. The van der Waals surface area contributed by atoms with Gasteiger partial charge in [0.2, 0.25) is 0 Å². The molecule has 1 fully saturated rings. The van der Waals surface area contributed by atoms with Crippen molar-refractivity contribution in [1.82, 2.24) is 10.4 Å². The van der Waals surface area contributed by atoms with Crippen molar-refractivity contribution in [2.24, 2.45) is 0 Å². The fourth-order valence-corrected chi connectivity index (χ4v) is 1.51. The molecule has 0 aromatic rings. The molecular weight excluding hydrogens is 184 g/mol. The Morgan fingerprint density at radius 3 is 2.71 bits per heavy atom. The van der Waals surface area contributed by atoms with Gasteiger partial charge in [0.05, 0.1) is 13.7 Å². The quantitative estimate of drug-likeness (QED) is 0.540. The zero-order valence-corrected chi connectivity index (χ0v) is 8.62. The third-order valence-corrected chi connectivity index (χ3v) is 2.30. The topological polar surface area (TPSA) is 50.8 Å². The van der Waals surface area contributed by atoms with Gasteiger partial charge in [-0.05, 0) is 25.9 Å². The summed E-state index contributed by atoms with van der Waals surface area (Å²) in [5.74, 6) is 0. The van der Waals surface area contributed by atoms with E-state index in [9.17, 15) is 4.79 Å². The highest BCUT2D eigenvalue weighted by Gasteiger charge is 2.09. The highest BCUT2D eigenvalue weighted by Crippen LogP contribution is 2.07. The maximum atomic E-state index is 10.6. The van der Waals surface area contributed by atoms with Crippen LogP contribution < -0.4 is 5.48 Å². The van der Waals surface area contributed by atoms with Crippen molar-refractivity contribution >= 4 is 6.09 Å². The summed E-state index contributed by atoms with van der Waals surface area (Å²) in [4.78, 5) is 17.8. The molecule has 1 heterocycles. The van der Waals surface area contributed by atoms with Gasteiger partial charge in [0.1, 0.15) is 0 Å². The lowest BCUT2D eigenvalue weighted by Crippen LogP contribution is -2.34. The zero-order chi connectivity index (χ0) is 10.2. The van der Waals surface area contributed by atoms with E-state index in [1.807, 2.05) is 0 Å². The van der Waals surface area contributed by atoms with Crippen molar-refractivity contribution in [3.63, 3.8) is 0 Å². The van der Waals surface area contributed by atoms with Crippen molar-refractivity contribution < 1.29 is 14.4 Å². The number of nitrogens with zero attached hydrogens (tertiary/aromatic N) is 1. The highest BCUT2D eigenvalue weighted by atomic mass is 16.7. The maximum absolute atomic E-state index is 10.6. The van der Waals surface area contributed by atoms with Crippen molar-refractivity contribution in [3.8, 4) is 0 Å². The molecule has 0 aliphatic carbocycles. The highest BCUT2D eigenvalue weighted by molar-refractivity contribution is 5.65. The Morgan fingerprint density at radius 2 is 2.07 bits per heavy atom. The monoisotopic (exact) mass is 202 g/mol. The number of hydroxylamine groups is 1. The molecule has 5 heteroatoms. The van der Waals surface area contributed by atoms with Crippen LogP contribution in [0.2, 0.25) is 0 Å². The summed E-state index contributed by atoms with van der Waals surface area (Å²) in [7, 11) is 1.31. The Kier molecular flexibility index (Phi) is 5.32.